The number of hydrogen-bond acceptors (Lipinski definition) is 4. The van der Waals surface area contributed by atoms with Gasteiger partial charge in [0.1, 0.15) is 17.4 Å². The summed E-state index contributed by atoms with van der Waals surface area (Å²) in [5.41, 5.74) is 9.67. The summed E-state index contributed by atoms with van der Waals surface area (Å²) in [6, 6.07) is 15.9. The molecule has 110 valence electrons. The van der Waals surface area contributed by atoms with Crippen LogP contribution in [0.15, 0.2) is 66.6 Å². The molecule has 0 aliphatic rings. The van der Waals surface area contributed by atoms with E-state index in [9.17, 15) is 0 Å². The highest BCUT2D eigenvalue weighted by Gasteiger charge is 2.08. The van der Waals surface area contributed by atoms with Gasteiger partial charge in [-0.25, -0.2) is 4.98 Å². The first-order valence-corrected chi connectivity index (χ1v) is 7.80. The van der Waals surface area contributed by atoms with Crippen LogP contribution in [0, 0.1) is 0 Å². The Hall–Kier alpha value is -2.59. The van der Waals surface area contributed by atoms with E-state index in [4.69, 9.17) is 10.5 Å². The number of nitrogens with two attached hydrogens (primary N) is 1. The zero-order valence-corrected chi connectivity index (χ0v) is 12.8. The minimum Gasteiger partial charge on any atom is -0.487 e. The van der Waals surface area contributed by atoms with Crippen molar-refractivity contribution in [1.29, 1.82) is 0 Å². The lowest BCUT2D eigenvalue weighted by molar-refractivity contribution is 0.365. The lowest BCUT2D eigenvalue weighted by Gasteiger charge is -2.07. The highest BCUT2D eigenvalue weighted by atomic mass is 32.1. The maximum absolute atomic E-state index is 6.03. The van der Waals surface area contributed by atoms with Crippen LogP contribution >= 0.6 is 11.3 Å². The molecule has 0 atom stereocenters. The molecule has 4 heteroatoms. The van der Waals surface area contributed by atoms with E-state index in [0.29, 0.717) is 18.0 Å². The molecule has 0 fully saturated rings. The molecule has 0 saturated carbocycles. The van der Waals surface area contributed by atoms with Gasteiger partial charge < -0.3 is 10.5 Å². The Morgan fingerprint density at radius 3 is 2.68 bits per heavy atom. The van der Waals surface area contributed by atoms with Crippen LogP contribution in [0.4, 0.5) is 5.69 Å². The van der Waals surface area contributed by atoms with Gasteiger partial charge >= 0.3 is 0 Å². The highest BCUT2D eigenvalue weighted by molar-refractivity contribution is 7.13. The molecule has 3 nitrogen and oxygen atoms in total. The second-order valence-electron chi connectivity index (χ2n) is 4.76. The molecule has 3 rings (SSSR count). The molecule has 22 heavy (non-hydrogen) atoms. The Labute approximate surface area is 133 Å². The molecule has 0 bridgehead atoms. The third-order valence-electron chi connectivity index (χ3n) is 3.19. The van der Waals surface area contributed by atoms with Crippen LogP contribution in [0.2, 0.25) is 0 Å². The van der Waals surface area contributed by atoms with Gasteiger partial charge in [0.15, 0.2) is 0 Å². The Kier molecular flexibility index (Phi) is 4.21. The van der Waals surface area contributed by atoms with Crippen molar-refractivity contribution >= 4 is 17.0 Å². The van der Waals surface area contributed by atoms with Gasteiger partial charge in [0, 0.05) is 16.5 Å². The number of aromatic nitrogens is 1. The van der Waals surface area contributed by atoms with E-state index in [1.807, 2.05) is 41.8 Å². The van der Waals surface area contributed by atoms with Crippen LogP contribution in [-0.2, 0) is 0 Å². The number of ether oxygens (including phenoxy) is 1. The summed E-state index contributed by atoms with van der Waals surface area (Å²) in [7, 11) is 0. The van der Waals surface area contributed by atoms with Crippen molar-refractivity contribution in [2.75, 3.05) is 12.3 Å². The molecule has 0 aliphatic carbocycles. The molecule has 1 heterocycles. The number of nitrogen functional groups attached to an aromatic ring is 1. The molecule has 0 radical (unpaired) electrons. The number of anilines is 1. The summed E-state index contributed by atoms with van der Waals surface area (Å²) >= 11 is 1.62. The van der Waals surface area contributed by atoms with Gasteiger partial charge in [-0.15, -0.1) is 11.3 Å². The van der Waals surface area contributed by atoms with Gasteiger partial charge in [0.05, 0.1) is 11.4 Å². The first-order valence-electron chi connectivity index (χ1n) is 6.92. The van der Waals surface area contributed by atoms with Crippen molar-refractivity contribution in [3.05, 3.63) is 66.6 Å². The largest absolute Gasteiger partial charge is 0.487 e. The van der Waals surface area contributed by atoms with E-state index in [0.717, 1.165) is 21.8 Å². The van der Waals surface area contributed by atoms with Gasteiger partial charge in [-0.1, -0.05) is 43.0 Å². The first kappa shape index (κ1) is 14.4. The van der Waals surface area contributed by atoms with Gasteiger partial charge in [0.2, 0.25) is 0 Å². The van der Waals surface area contributed by atoms with Crippen LogP contribution in [0.3, 0.4) is 0 Å². The Morgan fingerprint density at radius 1 is 1.14 bits per heavy atom. The second kappa shape index (κ2) is 6.45. The third kappa shape index (κ3) is 3.02. The smallest absolute Gasteiger partial charge is 0.142 e. The molecular weight excluding hydrogens is 292 g/mol. The van der Waals surface area contributed by atoms with E-state index in [1.165, 1.54) is 0 Å². The summed E-state index contributed by atoms with van der Waals surface area (Å²) in [6.07, 6.45) is 1.69. The van der Waals surface area contributed by atoms with E-state index in [-0.39, 0.29) is 0 Å². The Morgan fingerprint density at radius 2 is 1.95 bits per heavy atom. The van der Waals surface area contributed by atoms with E-state index < -0.39 is 0 Å². The maximum atomic E-state index is 6.03. The minimum atomic E-state index is 0.443. The number of thiazole rings is 1. The summed E-state index contributed by atoms with van der Waals surface area (Å²) in [5, 5.41) is 3.04. The fourth-order valence-corrected chi connectivity index (χ4v) is 2.94. The third-order valence-corrected chi connectivity index (χ3v) is 4.08. The average molecular weight is 308 g/mol. The van der Waals surface area contributed by atoms with Crippen molar-refractivity contribution in [1.82, 2.24) is 4.98 Å². The lowest BCUT2D eigenvalue weighted by Crippen LogP contribution is -1.97. The van der Waals surface area contributed by atoms with Crippen molar-refractivity contribution < 1.29 is 4.74 Å². The predicted octanol–water partition coefficient (Wildman–Crippen LogP) is 4.62. The van der Waals surface area contributed by atoms with Crippen LogP contribution in [0.1, 0.15) is 0 Å². The lowest BCUT2D eigenvalue weighted by atomic mass is 10.1. The molecule has 3 aromatic rings. The number of benzene rings is 2. The second-order valence-corrected chi connectivity index (χ2v) is 5.61. The van der Waals surface area contributed by atoms with E-state index >= 15 is 0 Å². The van der Waals surface area contributed by atoms with Crippen molar-refractivity contribution in [2.24, 2.45) is 0 Å². The van der Waals surface area contributed by atoms with Crippen LogP contribution in [0.5, 0.6) is 5.75 Å². The topological polar surface area (TPSA) is 48.1 Å². The summed E-state index contributed by atoms with van der Waals surface area (Å²) in [5.74, 6) is 0.669. The molecule has 0 amide bonds. The zero-order valence-electron chi connectivity index (χ0n) is 12.0. The molecule has 0 unspecified atom stereocenters. The van der Waals surface area contributed by atoms with E-state index in [2.05, 4.69) is 23.7 Å². The number of nitrogens with zero attached hydrogens (tertiary/aromatic N) is 1. The highest BCUT2D eigenvalue weighted by Crippen LogP contribution is 2.32. The summed E-state index contributed by atoms with van der Waals surface area (Å²) < 4.78 is 5.49. The monoisotopic (exact) mass is 308 g/mol. The molecule has 0 spiro atoms. The molecule has 0 saturated heterocycles. The van der Waals surface area contributed by atoms with Crippen molar-refractivity contribution in [3.63, 3.8) is 0 Å². The molecular formula is C18H16N2OS. The van der Waals surface area contributed by atoms with Crippen LogP contribution in [-0.4, -0.2) is 11.6 Å². The fourth-order valence-electron chi connectivity index (χ4n) is 2.11. The normalized spacial score (nSPS) is 10.4. The molecule has 2 N–H and O–H groups in total. The molecule has 1 aromatic heterocycles. The molecule has 0 aliphatic heterocycles. The summed E-state index contributed by atoms with van der Waals surface area (Å²) in [4.78, 5) is 4.69. The predicted molar refractivity (Wildman–Crippen MR) is 93.1 cm³/mol. The molecule has 2 aromatic carbocycles. The SMILES string of the molecule is C=CCOc1ccc(-c2csc(-c3ccccc3)n2)cc1N. The van der Waals surface area contributed by atoms with Crippen molar-refractivity contribution in [3.8, 4) is 27.6 Å². The fraction of sp³-hybridized carbons (Fsp3) is 0.0556. The van der Waals surface area contributed by atoms with Crippen LogP contribution in [0.25, 0.3) is 21.8 Å². The quantitative estimate of drug-likeness (QED) is 0.552. The summed E-state index contributed by atoms with van der Waals surface area (Å²) in [6.45, 7) is 4.07. The minimum absolute atomic E-state index is 0.443. The first-order chi connectivity index (χ1) is 10.8. The Bertz CT molecular complexity index is 781. The van der Waals surface area contributed by atoms with Gasteiger partial charge in [-0.3, -0.25) is 0 Å². The van der Waals surface area contributed by atoms with Crippen LogP contribution < -0.4 is 10.5 Å². The van der Waals surface area contributed by atoms with Gasteiger partial charge in [-0.2, -0.15) is 0 Å². The zero-order chi connectivity index (χ0) is 15.4. The van der Waals surface area contributed by atoms with Crippen molar-refractivity contribution in [2.45, 2.75) is 0 Å². The number of rotatable bonds is 5. The average Bonchev–Trinajstić information content (AvgIpc) is 3.04. The van der Waals surface area contributed by atoms with Gasteiger partial charge in [0.25, 0.3) is 0 Å². The maximum Gasteiger partial charge on any atom is 0.142 e. The Balaban J connectivity index is 1.87. The number of hydrogen-bond donors (Lipinski definition) is 1. The van der Waals surface area contributed by atoms with E-state index in [1.54, 1.807) is 17.4 Å². The van der Waals surface area contributed by atoms with Gasteiger partial charge in [-0.05, 0) is 18.2 Å². The standard InChI is InChI=1S/C18H16N2OS/c1-2-10-21-17-9-8-14(11-15(17)19)16-12-22-18(20-16)13-6-4-3-5-7-13/h2-9,11-12H,1,10,19H2.